The molecule has 1 aliphatic rings. The molecule has 1 saturated heterocycles. The van der Waals surface area contributed by atoms with Crippen molar-refractivity contribution in [1.82, 2.24) is 10.2 Å². The van der Waals surface area contributed by atoms with E-state index in [0.29, 0.717) is 6.04 Å². The second kappa shape index (κ2) is 7.42. The van der Waals surface area contributed by atoms with Gasteiger partial charge >= 0.3 is 0 Å². The third-order valence-electron chi connectivity index (χ3n) is 2.32. The minimum atomic E-state index is 0. The van der Waals surface area contributed by atoms with Crippen molar-refractivity contribution < 1.29 is 4.79 Å². The van der Waals surface area contributed by atoms with E-state index in [-0.39, 0.29) is 30.7 Å². The maximum Gasteiger partial charge on any atom is 0.219 e. The van der Waals surface area contributed by atoms with E-state index in [9.17, 15) is 4.79 Å². The Bertz CT molecular complexity index is 149. The predicted octanol–water partition coefficient (Wildman–Crippen LogP) is 1.06. The summed E-state index contributed by atoms with van der Waals surface area (Å²) in [5.74, 6) is 0.165. The van der Waals surface area contributed by atoms with Gasteiger partial charge in [-0.25, -0.2) is 0 Å². The van der Waals surface area contributed by atoms with E-state index in [1.807, 2.05) is 11.9 Å². The summed E-state index contributed by atoms with van der Waals surface area (Å²) < 4.78 is 0. The molecule has 0 saturated carbocycles. The Kier molecular flexibility index (Phi) is 8.83. The van der Waals surface area contributed by atoms with Crippen molar-refractivity contribution in [2.24, 2.45) is 0 Å². The van der Waals surface area contributed by atoms with Crippen molar-refractivity contribution in [1.29, 1.82) is 0 Å². The number of carbonyl (C=O) groups excluding carboxylic acids is 1. The van der Waals surface area contributed by atoms with Crippen LogP contribution in [0.4, 0.5) is 0 Å². The molecule has 1 unspecified atom stereocenters. The first kappa shape index (κ1) is 15.5. The summed E-state index contributed by atoms with van der Waals surface area (Å²) in [5.41, 5.74) is 0. The largest absolute Gasteiger partial charge is 0.342 e. The Labute approximate surface area is 92.1 Å². The second-order valence-corrected chi connectivity index (χ2v) is 3.13. The van der Waals surface area contributed by atoms with Crippen LogP contribution in [0.5, 0.6) is 0 Å². The first-order chi connectivity index (χ1) is 5.22. The van der Waals surface area contributed by atoms with Crippen LogP contribution in [-0.4, -0.2) is 37.0 Å². The van der Waals surface area contributed by atoms with Crippen molar-refractivity contribution in [2.75, 3.05) is 20.1 Å². The van der Waals surface area contributed by atoms with Crippen LogP contribution in [0.15, 0.2) is 0 Å². The van der Waals surface area contributed by atoms with Crippen LogP contribution >= 0.6 is 24.8 Å². The fraction of sp³-hybridized carbons (Fsp3) is 0.875. The van der Waals surface area contributed by atoms with Crippen LogP contribution in [0.25, 0.3) is 0 Å². The van der Waals surface area contributed by atoms with E-state index in [4.69, 9.17) is 0 Å². The number of carbonyl (C=O) groups is 1. The molecule has 1 amide bonds. The summed E-state index contributed by atoms with van der Waals surface area (Å²) >= 11 is 0. The quantitative estimate of drug-likeness (QED) is 0.729. The fourth-order valence-electron chi connectivity index (χ4n) is 1.42. The molecule has 0 aromatic rings. The van der Waals surface area contributed by atoms with Crippen LogP contribution in [-0.2, 0) is 4.79 Å². The van der Waals surface area contributed by atoms with Gasteiger partial charge in [-0.15, -0.1) is 24.8 Å². The highest BCUT2D eigenvalue weighted by Gasteiger charge is 2.18. The summed E-state index contributed by atoms with van der Waals surface area (Å²) in [5, 5.41) is 3.28. The number of hydrogen-bond donors (Lipinski definition) is 1. The van der Waals surface area contributed by atoms with Crippen molar-refractivity contribution in [3.63, 3.8) is 0 Å². The van der Waals surface area contributed by atoms with Gasteiger partial charge in [-0.1, -0.05) is 0 Å². The van der Waals surface area contributed by atoms with Gasteiger partial charge in [-0.3, -0.25) is 4.79 Å². The lowest BCUT2D eigenvalue weighted by molar-refractivity contribution is -0.129. The van der Waals surface area contributed by atoms with Gasteiger partial charge in [-0.05, 0) is 19.4 Å². The molecule has 1 atom stereocenters. The minimum absolute atomic E-state index is 0. The summed E-state index contributed by atoms with van der Waals surface area (Å²) in [4.78, 5) is 12.8. The number of nitrogens with zero attached hydrogens (tertiary/aromatic N) is 1. The molecule has 0 bridgehead atoms. The molecule has 1 N–H and O–H groups in total. The third kappa shape index (κ3) is 4.69. The van der Waals surface area contributed by atoms with E-state index < -0.39 is 0 Å². The van der Waals surface area contributed by atoms with Crippen LogP contribution < -0.4 is 5.32 Å². The van der Waals surface area contributed by atoms with Crippen molar-refractivity contribution in [2.45, 2.75) is 25.8 Å². The molecular weight excluding hydrogens is 211 g/mol. The Morgan fingerprint density at radius 1 is 1.46 bits per heavy atom. The zero-order valence-corrected chi connectivity index (χ0v) is 9.71. The monoisotopic (exact) mass is 228 g/mol. The molecule has 0 spiro atoms. The van der Waals surface area contributed by atoms with E-state index in [2.05, 4.69) is 5.32 Å². The molecule has 3 nitrogen and oxygen atoms in total. The fourth-order valence-corrected chi connectivity index (χ4v) is 1.42. The maximum absolute atomic E-state index is 10.9. The number of piperidine rings is 1. The summed E-state index contributed by atoms with van der Waals surface area (Å²) in [6, 6.07) is 0.418. The summed E-state index contributed by atoms with van der Waals surface area (Å²) in [6.07, 6.45) is 2.32. The molecule has 80 valence electrons. The average Bonchev–Trinajstić information content (AvgIpc) is 2.05. The first-order valence-electron chi connectivity index (χ1n) is 4.16. The van der Waals surface area contributed by atoms with Gasteiger partial charge in [0.2, 0.25) is 5.91 Å². The van der Waals surface area contributed by atoms with Gasteiger partial charge in [0.15, 0.2) is 0 Å². The minimum Gasteiger partial charge on any atom is -0.342 e. The van der Waals surface area contributed by atoms with Gasteiger partial charge in [-0.2, -0.15) is 0 Å². The van der Waals surface area contributed by atoms with Gasteiger partial charge in [0.1, 0.15) is 0 Å². The number of hydrogen-bond acceptors (Lipinski definition) is 2. The van der Waals surface area contributed by atoms with Crippen LogP contribution in [0.1, 0.15) is 19.8 Å². The molecule has 1 rings (SSSR count). The number of rotatable bonds is 1. The Morgan fingerprint density at radius 2 is 2.08 bits per heavy atom. The highest BCUT2D eigenvalue weighted by atomic mass is 35.5. The lowest BCUT2D eigenvalue weighted by Gasteiger charge is -2.30. The second-order valence-electron chi connectivity index (χ2n) is 3.13. The van der Waals surface area contributed by atoms with Crippen molar-refractivity contribution in [3.8, 4) is 0 Å². The molecule has 13 heavy (non-hydrogen) atoms. The zero-order chi connectivity index (χ0) is 8.27. The predicted molar refractivity (Wildman–Crippen MR) is 58.8 cm³/mol. The number of amides is 1. The Hall–Kier alpha value is 0.01000. The van der Waals surface area contributed by atoms with Gasteiger partial charge in [0.05, 0.1) is 0 Å². The number of likely N-dealkylation sites (N-methyl/N-ethyl adjacent to an activating group) is 1. The molecule has 1 heterocycles. The van der Waals surface area contributed by atoms with Gasteiger partial charge in [0, 0.05) is 26.6 Å². The summed E-state index contributed by atoms with van der Waals surface area (Å²) in [6.45, 7) is 3.67. The van der Waals surface area contributed by atoms with Crippen LogP contribution in [0, 0.1) is 0 Å². The SMILES string of the molecule is CC(=O)N(C)C1CCCNC1.Cl.Cl. The van der Waals surface area contributed by atoms with E-state index >= 15 is 0 Å². The molecule has 0 aromatic carbocycles. The Balaban J connectivity index is 0. The first-order valence-corrected chi connectivity index (χ1v) is 4.16. The molecule has 0 radical (unpaired) electrons. The lowest BCUT2D eigenvalue weighted by Crippen LogP contribution is -2.45. The van der Waals surface area contributed by atoms with E-state index in [1.165, 1.54) is 6.42 Å². The lowest BCUT2D eigenvalue weighted by atomic mass is 10.1. The smallest absolute Gasteiger partial charge is 0.219 e. The molecule has 1 aliphatic heterocycles. The third-order valence-corrected chi connectivity index (χ3v) is 2.32. The molecule has 1 fully saturated rings. The summed E-state index contributed by atoms with van der Waals surface area (Å²) in [7, 11) is 1.88. The molecular formula is C8H18Cl2N2O. The van der Waals surface area contributed by atoms with Crippen LogP contribution in [0.2, 0.25) is 0 Å². The molecule has 0 aromatic heterocycles. The maximum atomic E-state index is 10.9. The van der Waals surface area contributed by atoms with E-state index in [0.717, 1.165) is 19.5 Å². The molecule has 5 heteroatoms. The zero-order valence-electron chi connectivity index (χ0n) is 8.08. The molecule has 0 aliphatic carbocycles. The van der Waals surface area contributed by atoms with E-state index in [1.54, 1.807) is 6.92 Å². The standard InChI is InChI=1S/C8H16N2O.2ClH/c1-7(11)10(2)8-4-3-5-9-6-8;;/h8-9H,3-6H2,1-2H3;2*1H. The van der Waals surface area contributed by atoms with Crippen molar-refractivity contribution in [3.05, 3.63) is 0 Å². The topological polar surface area (TPSA) is 32.3 Å². The Morgan fingerprint density at radius 3 is 2.46 bits per heavy atom. The number of halogens is 2. The van der Waals surface area contributed by atoms with Gasteiger partial charge in [0.25, 0.3) is 0 Å². The van der Waals surface area contributed by atoms with Gasteiger partial charge < -0.3 is 10.2 Å². The van der Waals surface area contributed by atoms with Crippen molar-refractivity contribution >= 4 is 30.7 Å². The normalized spacial score (nSPS) is 20.9. The number of nitrogens with one attached hydrogen (secondary N) is 1. The average molecular weight is 229 g/mol. The highest BCUT2D eigenvalue weighted by molar-refractivity contribution is 5.85. The van der Waals surface area contributed by atoms with Crippen LogP contribution in [0.3, 0.4) is 0 Å². The highest BCUT2D eigenvalue weighted by Crippen LogP contribution is 2.07.